The first-order valence-corrected chi connectivity index (χ1v) is 6.90. The summed E-state index contributed by atoms with van der Waals surface area (Å²) in [6.45, 7) is 1.14. The van der Waals surface area contributed by atoms with E-state index in [0.717, 1.165) is 24.4 Å². The number of pyridine rings is 1. The van der Waals surface area contributed by atoms with Gasteiger partial charge >= 0.3 is 6.03 Å². The Morgan fingerprint density at radius 1 is 1.55 bits per heavy atom. The van der Waals surface area contributed by atoms with Gasteiger partial charge in [0.2, 0.25) is 0 Å². The quantitative estimate of drug-likeness (QED) is 0.855. The minimum absolute atomic E-state index is 0.0295. The second-order valence-corrected chi connectivity index (χ2v) is 5.21. The van der Waals surface area contributed by atoms with Gasteiger partial charge in [-0.1, -0.05) is 6.07 Å². The van der Waals surface area contributed by atoms with Gasteiger partial charge in [0.15, 0.2) is 0 Å². The molecule has 1 aliphatic rings. The van der Waals surface area contributed by atoms with E-state index in [1.165, 1.54) is 0 Å². The Bertz CT molecular complexity index is 464. The van der Waals surface area contributed by atoms with Crippen molar-refractivity contribution >= 4 is 11.8 Å². The van der Waals surface area contributed by atoms with Crippen LogP contribution in [-0.4, -0.2) is 54.3 Å². The molecule has 1 unspecified atom stereocenters. The number of aromatic nitrogens is 1. The van der Waals surface area contributed by atoms with Gasteiger partial charge in [-0.15, -0.1) is 0 Å². The molecule has 1 atom stereocenters. The molecule has 2 N–H and O–H groups in total. The third kappa shape index (κ3) is 3.39. The van der Waals surface area contributed by atoms with Crippen molar-refractivity contribution in [1.82, 2.24) is 15.2 Å². The smallest absolute Gasteiger partial charge is 0.318 e. The Labute approximate surface area is 119 Å². The van der Waals surface area contributed by atoms with Gasteiger partial charge < -0.3 is 20.2 Å². The molecule has 0 aliphatic carbocycles. The number of urea groups is 1. The number of aliphatic hydroxyl groups is 1. The third-order valence-electron chi connectivity index (χ3n) is 3.52. The summed E-state index contributed by atoms with van der Waals surface area (Å²) in [6, 6.07) is 5.57. The molecule has 0 saturated carbocycles. The zero-order valence-electron chi connectivity index (χ0n) is 12.0. The maximum atomic E-state index is 12.1. The number of nitrogens with zero attached hydrogens (tertiary/aromatic N) is 3. The zero-order valence-corrected chi connectivity index (χ0v) is 12.0. The van der Waals surface area contributed by atoms with Crippen LogP contribution in [0.2, 0.25) is 0 Å². The lowest BCUT2D eigenvalue weighted by Crippen LogP contribution is -2.44. The number of carbonyl (C=O) groups is 1. The summed E-state index contributed by atoms with van der Waals surface area (Å²) in [5, 5.41) is 12.1. The standard InChI is InChI=1S/C14H22N4O2/c1-17(2)13-7-3-5-11(16-13)9-15-14(20)18-8-4-6-12(18)10-19/h3,5,7,12,19H,4,6,8-10H2,1-2H3,(H,15,20). The number of nitrogens with one attached hydrogen (secondary N) is 1. The van der Waals surface area contributed by atoms with Crippen LogP contribution in [0.4, 0.5) is 10.6 Å². The van der Waals surface area contributed by atoms with Gasteiger partial charge in [0, 0.05) is 20.6 Å². The summed E-state index contributed by atoms with van der Waals surface area (Å²) in [7, 11) is 3.86. The SMILES string of the molecule is CN(C)c1cccc(CNC(=O)N2CCCC2CO)n1. The molecule has 1 saturated heterocycles. The van der Waals surface area contributed by atoms with Gasteiger partial charge in [0.05, 0.1) is 24.9 Å². The van der Waals surface area contributed by atoms with Gasteiger partial charge in [-0.05, 0) is 25.0 Å². The van der Waals surface area contributed by atoms with E-state index in [1.54, 1.807) is 4.90 Å². The molecule has 0 aromatic carbocycles. The predicted octanol–water partition coefficient (Wildman–Crippen LogP) is 0.814. The Hall–Kier alpha value is -1.82. The van der Waals surface area contributed by atoms with E-state index >= 15 is 0 Å². The van der Waals surface area contributed by atoms with Crippen molar-refractivity contribution in [3.05, 3.63) is 23.9 Å². The number of aliphatic hydroxyl groups excluding tert-OH is 1. The maximum absolute atomic E-state index is 12.1. The van der Waals surface area contributed by atoms with E-state index in [2.05, 4.69) is 10.3 Å². The van der Waals surface area contributed by atoms with Gasteiger partial charge in [0.25, 0.3) is 0 Å². The van der Waals surface area contributed by atoms with Crippen molar-refractivity contribution in [2.45, 2.75) is 25.4 Å². The summed E-state index contributed by atoms with van der Waals surface area (Å²) >= 11 is 0. The molecule has 1 fully saturated rings. The first kappa shape index (κ1) is 14.6. The van der Waals surface area contributed by atoms with Crippen molar-refractivity contribution in [1.29, 1.82) is 0 Å². The van der Waals surface area contributed by atoms with Gasteiger partial charge in [-0.3, -0.25) is 0 Å². The minimum atomic E-state index is -0.126. The van der Waals surface area contributed by atoms with Crippen LogP contribution >= 0.6 is 0 Å². The normalized spacial score (nSPS) is 18.1. The lowest BCUT2D eigenvalue weighted by Gasteiger charge is -2.23. The fraction of sp³-hybridized carbons (Fsp3) is 0.571. The highest BCUT2D eigenvalue weighted by atomic mass is 16.3. The Balaban J connectivity index is 1.91. The highest BCUT2D eigenvalue weighted by Crippen LogP contribution is 2.16. The Morgan fingerprint density at radius 2 is 2.35 bits per heavy atom. The first-order valence-electron chi connectivity index (χ1n) is 6.90. The highest BCUT2D eigenvalue weighted by molar-refractivity contribution is 5.74. The van der Waals surface area contributed by atoms with Crippen molar-refractivity contribution in [3.8, 4) is 0 Å². The molecule has 1 aromatic heterocycles. The summed E-state index contributed by atoms with van der Waals surface area (Å²) in [4.78, 5) is 20.2. The highest BCUT2D eigenvalue weighted by Gasteiger charge is 2.27. The summed E-state index contributed by atoms with van der Waals surface area (Å²) in [6.07, 6.45) is 1.82. The fourth-order valence-corrected chi connectivity index (χ4v) is 2.38. The summed E-state index contributed by atoms with van der Waals surface area (Å²) in [5.74, 6) is 0.867. The molecule has 1 aromatic rings. The Morgan fingerprint density at radius 3 is 3.05 bits per heavy atom. The molecule has 6 nitrogen and oxygen atoms in total. The van der Waals surface area contributed by atoms with Crippen LogP contribution in [0.1, 0.15) is 18.5 Å². The van der Waals surface area contributed by atoms with Crippen molar-refractivity contribution in [2.75, 3.05) is 32.1 Å². The van der Waals surface area contributed by atoms with Gasteiger partial charge in [-0.25, -0.2) is 9.78 Å². The molecule has 2 rings (SSSR count). The molecule has 0 bridgehead atoms. The number of anilines is 1. The average molecular weight is 278 g/mol. The predicted molar refractivity (Wildman–Crippen MR) is 77.6 cm³/mol. The number of hydrogen-bond acceptors (Lipinski definition) is 4. The first-order chi connectivity index (χ1) is 9.61. The number of likely N-dealkylation sites (tertiary alicyclic amines) is 1. The average Bonchev–Trinajstić information content (AvgIpc) is 2.93. The van der Waals surface area contributed by atoms with Crippen LogP contribution in [0.5, 0.6) is 0 Å². The number of rotatable bonds is 4. The molecule has 1 aliphatic heterocycles. The van der Waals surface area contributed by atoms with Gasteiger partial charge in [0.1, 0.15) is 5.82 Å². The van der Waals surface area contributed by atoms with Crippen LogP contribution in [0.3, 0.4) is 0 Å². The Kier molecular flexibility index (Phi) is 4.79. The number of carbonyl (C=O) groups excluding carboxylic acids is 1. The molecule has 20 heavy (non-hydrogen) atoms. The second kappa shape index (κ2) is 6.56. The van der Waals surface area contributed by atoms with E-state index in [1.807, 2.05) is 37.2 Å². The van der Waals surface area contributed by atoms with Crippen LogP contribution in [0, 0.1) is 0 Å². The third-order valence-corrected chi connectivity index (χ3v) is 3.52. The van der Waals surface area contributed by atoms with Gasteiger partial charge in [-0.2, -0.15) is 0 Å². The van der Waals surface area contributed by atoms with Crippen LogP contribution in [0.25, 0.3) is 0 Å². The number of amides is 2. The van der Waals surface area contributed by atoms with Crippen molar-refractivity contribution in [2.24, 2.45) is 0 Å². The van der Waals surface area contributed by atoms with Crippen molar-refractivity contribution < 1.29 is 9.90 Å². The molecule has 6 heteroatoms. The second-order valence-electron chi connectivity index (χ2n) is 5.21. The summed E-state index contributed by atoms with van der Waals surface area (Å²) < 4.78 is 0. The molecular formula is C14H22N4O2. The van der Waals surface area contributed by atoms with Crippen LogP contribution < -0.4 is 10.2 Å². The van der Waals surface area contributed by atoms with E-state index in [-0.39, 0.29) is 18.7 Å². The molecule has 2 heterocycles. The van der Waals surface area contributed by atoms with E-state index < -0.39 is 0 Å². The molecule has 0 radical (unpaired) electrons. The minimum Gasteiger partial charge on any atom is -0.394 e. The fourth-order valence-electron chi connectivity index (χ4n) is 2.38. The van der Waals surface area contributed by atoms with E-state index in [9.17, 15) is 9.90 Å². The molecule has 110 valence electrons. The maximum Gasteiger partial charge on any atom is 0.318 e. The lowest BCUT2D eigenvalue weighted by atomic mass is 10.2. The van der Waals surface area contributed by atoms with Crippen LogP contribution in [0.15, 0.2) is 18.2 Å². The molecular weight excluding hydrogens is 256 g/mol. The van der Waals surface area contributed by atoms with E-state index in [4.69, 9.17) is 0 Å². The zero-order chi connectivity index (χ0) is 14.5. The van der Waals surface area contributed by atoms with Crippen LogP contribution in [-0.2, 0) is 6.54 Å². The molecule has 0 spiro atoms. The lowest BCUT2D eigenvalue weighted by molar-refractivity contribution is 0.157. The van der Waals surface area contributed by atoms with Crippen molar-refractivity contribution in [3.63, 3.8) is 0 Å². The molecule has 2 amide bonds. The van der Waals surface area contributed by atoms with E-state index in [0.29, 0.717) is 13.1 Å². The monoisotopic (exact) mass is 278 g/mol. The topological polar surface area (TPSA) is 68.7 Å². The summed E-state index contributed by atoms with van der Waals surface area (Å²) in [5.41, 5.74) is 0.823. The largest absolute Gasteiger partial charge is 0.394 e. The number of hydrogen-bond donors (Lipinski definition) is 2.